The lowest BCUT2D eigenvalue weighted by atomic mass is 9.88. The second kappa shape index (κ2) is 5.35. The standard InChI is InChI=1S/C15H23Br/c1-11-6-7-13(12(2)10-11)8-9-14(16)15(3,4)5/h6-7,10,14H,8-9H2,1-5H3. The topological polar surface area (TPSA) is 0 Å². The highest BCUT2D eigenvalue weighted by Crippen LogP contribution is 2.30. The van der Waals surface area contributed by atoms with Crippen LogP contribution in [0, 0.1) is 19.3 Å². The monoisotopic (exact) mass is 282 g/mol. The molecule has 1 aromatic carbocycles. The quantitative estimate of drug-likeness (QED) is 0.681. The van der Waals surface area contributed by atoms with Gasteiger partial charge in [0, 0.05) is 4.83 Å². The number of alkyl halides is 1. The molecular formula is C15H23Br. The zero-order valence-corrected chi connectivity index (χ0v) is 12.7. The first-order valence-electron chi connectivity index (χ1n) is 6.01. The highest BCUT2D eigenvalue weighted by molar-refractivity contribution is 9.09. The minimum absolute atomic E-state index is 0.346. The SMILES string of the molecule is Cc1ccc(CCC(Br)C(C)(C)C)c(C)c1. The minimum atomic E-state index is 0.346. The Morgan fingerprint density at radius 1 is 1.19 bits per heavy atom. The zero-order chi connectivity index (χ0) is 12.3. The molecular weight excluding hydrogens is 260 g/mol. The van der Waals surface area contributed by atoms with Gasteiger partial charge < -0.3 is 0 Å². The van der Waals surface area contributed by atoms with E-state index in [2.05, 4.69) is 68.7 Å². The zero-order valence-electron chi connectivity index (χ0n) is 11.1. The summed E-state index contributed by atoms with van der Waals surface area (Å²) in [6.45, 7) is 11.2. The molecule has 0 bridgehead atoms. The molecule has 0 saturated carbocycles. The lowest BCUT2D eigenvalue weighted by molar-refractivity contribution is 0.385. The predicted octanol–water partition coefficient (Wildman–Crippen LogP) is 5.05. The van der Waals surface area contributed by atoms with Crippen molar-refractivity contribution in [2.24, 2.45) is 5.41 Å². The Morgan fingerprint density at radius 2 is 1.81 bits per heavy atom. The molecule has 1 unspecified atom stereocenters. The van der Waals surface area contributed by atoms with Crippen molar-refractivity contribution in [3.05, 3.63) is 34.9 Å². The molecule has 0 heterocycles. The van der Waals surface area contributed by atoms with E-state index < -0.39 is 0 Å². The molecule has 0 spiro atoms. The molecule has 0 amide bonds. The van der Waals surface area contributed by atoms with Gasteiger partial charge in [-0.05, 0) is 43.2 Å². The summed E-state index contributed by atoms with van der Waals surface area (Å²) in [7, 11) is 0. The third-order valence-electron chi connectivity index (χ3n) is 3.10. The Balaban J connectivity index is 2.62. The van der Waals surface area contributed by atoms with Gasteiger partial charge in [-0.2, -0.15) is 0 Å². The summed E-state index contributed by atoms with van der Waals surface area (Å²) in [5, 5.41) is 0. The van der Waals surface area contributed by atoms with E-state index in [-0.39, 0.29) is 0 Å². The summed E-state index contributed by atoms with van der Waals surface area (Å²) in [5.41, 5.74) is 4.61. The van der Waals surface area contributed by atoms with Crippen LogP contribution in [0.4, 0.5) is 0 Å². The Morgan fingerprint density at radius 3 is 2.31 bits per heavy atom. The second-order valence-electron chi connectivity index (χ2n) is 5.80. The average molecular weight is 283 g/mol. The van der Waals surface area contributed by atoms with Crippen LogP contribution in [0.2, 0.25) is 0 Å². The van der Waals surface area contributed by atoms with Crippen molar-refractivity contribution in [2.45, 2.75) is 52.3 Å². The molecule has 0 saturated heterocycles. The van der Waals surface area contributed by atoms with Crippen molar-refractivity contribution in [1.29, 1.82) is 0 Å². The smallest absolute Gasteiger partial charge is 0.0197 e. The van der Waals surface area contributed by atoms with Gasteiger partial charge in [0.15, 0.2) is 0 Å². The van der Waals surface area contributed by atoms with Crippen LogP contribution in [0.1, 0.15) is 43.9 Å². The first-order valence-corrected chi connectivity index (χ1v) is 6.92. The van der Waals surface area contributed by atoms with Gasteiger partial charge in [-0.1, -0.05) is 60.5 Å². The van der Waals surface area contributed by atoms with E-state index in [1.54, 1.807) is 0 Å². The van der Waals surface area contributed by atoms with Crippen molar-refractivity contribution >= 4 is 15.9 Å². The molecule has 1 rings (SSSR count). The highest BCUT2D eigenvalue weighted by atomic mass is 79.9. The van der Waals surface area contributed by atoms with Crippen LogP contribution in [0.25, 0.3) is 0 Å². The van der Waals surface area contributed by atoms with E-state index in [1.807, 2.05) is 0 Å². The van der Waals surface area contributed by atoms with Crippen molar-refractivity contribution in [1.82, 2.24) is 0 Å². The normalized spacial score (nSPS) is 13.9. The van der Waals surface area contributed by atoms with Gasteiger partial charge in [0.2, 0.25) is 0 Å². The van der Waals surface area contributed by atoms with Crippen LogP contribution in [-0.2, 0) is 6.42 Å². The lowest BCUT2D eigenvalue weighted by Crippen LogP contribution is -2.20. The van der Waals surface area contributed by atoms with Crippen LogP contribution < -0.4 is 0 Å². The van der Waals surface area contributed by atoms with Crippen LogP contribution in [0.5, 0.6) is 0 Å². The summed E-state index contributed by atoms with van der Waals surface area (Å²) in [4.78, 5) is 0.584. The highest BCUT2D eigenvalue weighted by Gasteiger charge is 2.21. The number of hydrogen-bond acceptors (Lipinski definition) is 0. The maximum absolute atomic E-state index is 3.79. The molecule has 0 aromatic heterocycles. The van der Waals surface area contributed by atoms with Gasteiger partial charge in [0.1, 0.15) is 0 Å². The fraction of sp³-hybridized carbons (Fsp3) is 0.600. The molecule has 1 heteroatoms. The van der Waals surface area contributed by atoms with E-state index in [9.17, 15) is 0 Å². The third-order valence-corrected chi connectivity index (χ3v) is 4.94. The molecule has 0 radical (unpaired) electrons. The molecule has 16 heavy (non-hydrogen) atoms. The number of hydrogen-bond donors (Lipinski definition) is 0. The van der Waals surface area contributed by atoms with E-state index in [1.165, 1.54) is 29.5 Å². The Kier molecular flexibility index (Phi) is 4.61. The van der Waals surface area contributed by atoms with Crippen LogP contribution >= 0.6 is 15.9 Å². The second-order valence-corrected chi connectivity index (χ2v) is 6.91. The van der Waals surface area contributed by atoms with E-state index in [4.69, 9.17) is 0 Å². The van der Waals surface area contributed by atoms with Crippen molar-refractivity contribution < 1.29 is 0 Å². The molecule has 0 aliphatic carbocycles. The summed E-state index contributed by atoms with van der Waals surface area (Å²) in [6, 6.07) is 6.76. The molecule has 0 N–H and O–H groups in total. The fourth-order valence-corrected chi connectivity index (χ4v) is 2.07. The first-order chi connectivity index (χ1) is 7.30. The molecule has 1 aromatic rings. The predicted molar refractivity (Wildman–Crippen MR) is 76.4 cm³/mol. The third kappa shape index (κ3) is 3.93. The van der Waals surface area contributed by atoms with Crippen LogP contribution in [0.15, 0.2) is 18.2 Å². The summed E-state index contributed by atoms with van der Waals surface area (Å²) < 4.78 is 0. The van der Waals surface area contributed by atoms with Crippen molar-refractivity contribution in [3.63, 3.8) is 0 Å². The van der Waals surface area contributed by atoms with Gasteiger partial charge in [-0.15, -0.1) is 0 Å². The summed E-state index contributed by atoms with van der Waals surface area (Å²) in [5.74, 6) is 0. The summed E-state index contributed by atoms with van der Waals surface area (Å²) >= 11 is 3.79. The van der Waals surface area contributed by atoms with Gasteiger partial charge in [-0.25, -0.2) is 0 Å². The average Bonchev–Trinajstić information content (AvgIpc) is 2.14. The van der Waals surface area contributed by atoms with Gasteiger partial charge in [0.05, 0.1) is 0 Å². The molecule has 0 aliphatic rings. The van der Waals surface area contributed by atoms with E-state index in [0.717, 1.165) is 0 Å². The largest absolute Gasteiger partial charge is 0.0885 e. The molecule has 0 aliphatic heterocycles. The van der Waals surface area contributed by atoms with Crippen molar-refractivity contribution in [2.75, 3.05) is 0 Å². The van der Waals surface area contributed by atoms with Gasteiger partial charge in [0.25, 0.3) is 0 Å². The van der Waals surface area contributed by atoms with Crippen LogP contribution in [-0.4, -0.2) is 4.83 Å². The maximum atomic E-state index is 3.79. The minimum Gasteiger partial charge on any atom is -0.0885 e. The first kappa shape index (κ1) is 13.8. The summed E-state index contributed by atoms with van der Waals surface area (Å²) in [6.07, 6.45) is 2.37. The van der Waals surface area contributed by atoms with Gasteiger partial charge >= 0.3 is 0 Å². The van der Waals surface area contributed by atoms with E-state index in [0.29, 0.717) is 10.2 Å². The van der Waals surface area contributed by atoms with Crippen LogP contribution in [0.3, 0.4) is 0 Å². The lowest BCUT2D eigenvalue weighted by Gasteiger charge is -2.25. The molecule has 0 fully saturated rings. The van der Waals surface area contributed by atoms with Crippen molar-refractivity contribution in [3.8, 4) is 0 Å². The molecule has 0 nitrogen and oxygen atoms in total. The fourth-order valence-electron chi connectivity index (χ4n) is 1.84. The Hall–Kier alpha value is -0.300. The van der Waals surface area contributed by atoms with Gasteiger partial charge in [-0.3, -0.25) is 0 Å². The number of aryl methyl sites for hydroxylation is 3. The molecule has 90 valence electrons. The number of halogens is 1. The number of benzene rings is 1. The van der Waals surface area contributed by atoms with E-state index >= 15 is 0 Å². The Labute approximate surface area is 109 Å². The molecule has 1 atom stereocenters. The Bertz CT molecular complexity index is 347. The maximum Gasteiger partial charge on any atom is 0.0197 e. The number of rotatable bonds is 3.